The molecule has 2 heterocycles. The Kier molecular flexibility index (Phi) is 2.24. The Morgan fingerprint density at radius 1 is 1.19 bits per heavy atom. The van der Waals surface area contributed by atoms with Crippen molar-refractivity contribution in [3.05, 3.63) is 55.4 Å². The Morgan fingerprint density at radius 3 is 2.75 bits per heavy atom. The zero-order valence-electron chi connectivity index (χ0n) is 8.68. The van der Waals surface area contributed by atoms with Crippen molar-refractivity contribution in [3.63, 3.8) is 0 Å². The van der Waals surface area contributed by atoms with Crippen molar-refractivity contribution in [3.8, 4) is 0 Å². The molecule has 3 nitrogen and oxygen atoms in total. The summed E-state index contributed by atoms with van der Waals surface area (Å²) in [5.41, 5.74) is 0.744. The maximum absolute atomic E-state index is 11.7. The van der Waals surface area contributed by atoms with Crippen LogP contribution in [0.1, 0.15) is 10.4 Å². The van der Waals surface area contributed by atoms with E-state index in [2.05, 4.69) is 0 Å². The number of hydrogen-bond acceptors (Lipinski definition) is 2. The molecule has 0 saturated heterocycles. The molecule has 0 saturated carbocycles. The van der Waals surface area contributed by atoms with E-state index in [0.717, 1.165) is 12.8 Å². The molecule has 1 aromatic heterocycles. The Bertz CT molecular complexity index is 562. The van der Waals surface area contributed by atoms with Crippen LogP contribution in [0.5, 0.6) is 0 Å². The fraction of sp³-hybridized carbons (Fsp3) is 0.0833. The number of carbonyl (C=O) groups excluding carboxylic acids is 1. The van der Waals surface area contributed by atoms with Crippen LogP contribution in [0, 0.1) is 7.27 Å². The Labute approximate surface area is 101 Å². The zero-order chi connectivity index (χ0) is 11.1. The van der Waals surface area contributed by atoms with E-state index in [1.807, 2.05) is 54.2 Å². The summed E-state index contributed by atoms with van der Waals surface area (Å²) >= 11 is -1.97. The number of nitrogens with zero attached hydrogens (tertiary/aromatic N) is 1. The molecule has 0 radical (unpaired) electrons. The number of carbonyl (C=O) groups is 1. The van der Waals surface area contributed by atoms with Crippen molar-refractivity contribution in [1.29, 1.82) is 0 Å². The van der Waals surface area contributed by atoms with Gasteiger partial charge in [-0.2, -0.15) is 0 Å². The van der Waals surface area contributed by atoms with Crippen LogP contribution in [0.15, 0.2) is 42.6 Å². The predicted octanol–water partition coefficient (Wildman–Crippen LogP) is 2.66. The fourth-order valence-electron chi connectivity index (χ4n) is 1.69. The predicted molar refractivity (Wildman–Crippen MR) is 68.7 cm³/mol. The second-order valence-corrected chi connectivity index (χ2v) is 7.66. The minimum absolute atomic E-state index is 0.165. The van der Waals surface area contributed by atoms with E-state index < -0.39 is 20.2 Å². The normalized spacial score (nSPS) is 16.1. The van der Waals surface area contributed by atoms with E-state index in [9.17, 15) is 4.79 Å². The van der Waals surface area contributed by atoms with E-state index in [-0.39, 0.29) is 5.97 Å². The number of fused-ring (bicyclic) bond motifs is 1. The topological polar surface area (TPSA) is 31.2 Å². The third-order valence-electron chi connectivity index (χ3n) is 2.48. The molecular formula is C12H10INO2. The summed E-state index contributed by atoms with van der Waals surface area (Å²) in [4.78, 5) is 11.7. The molecule has 1 aliphatic heterocycles. The van der Waals surface area contributed by atoms with Crippen LogP contribution in [-0.2, 0) is 10.1 Å². The Morgan fingerprint density at radius 2 is 2.00 bits per heavy atom. The quantitative estimate of drug-likeness (QED) is 0.754. The molecule has 82 valence electrons. The molecule has 0 fully saturated rings. The molecule has 0 aliphatic carbocycles. The van der Waals surface area contributed by atoms with Gasteiger partial charge in [0.1, 0.15) is 0 Å². The van der Waals surface area contributed by atoms with E-state index in [0.29, 0.717) is 0 Å². The third-order valence-corrected chi connectivity index (χ3v) is 7.44. The van der Waals surface area contributed by atoms with Crippen LogP contribution in [0.4, 0.5) is 0 Å². The summed E-state index contributed by atoms with van der Waals surface area (Å²) in [6.07, 6.45) is 1.99. The molecule has 0 bridgehead atoms. The number of rotatable bonds is 1. The Hall–Kier alpha value is -1.30. The fourth-order valence-corrected chi connectivity index (χ4v) is 6.24. The maximum atomic E-state index is 11.7. The van der Waals surface area contributed by atoms with Crippen molar-refractivity contribution in [2.45, 2.75) is 0 Å². The van der Waals surface area contributed by atoms with E-state index >= 15 is 0 Å². The number of aromatic nitrogens is 1. The van der Waals surface area contributed by atoms with E-state index in [1.54, 1.807) is 0 Å². The van der Waals surface area contributed by atoms with Gasteiger partial charge in [0, 0.05) is 0 Å². The van der Waals surface area contributed by atoms with Crippen molar-refractivity contribution in [2.75, 3.05) is 0 Å². The average molecular weight is 327 g/mol. The van der Waals surface area contributed by atoms with Crippen LogP contribution in [-0.4, -0.2) is 10.5 Å². The standard InChI is InChI=1S/C12H10INO2/c1-14-8-4-7-11(14)13-10-6-3-2-5-9(10)12(15)16-13/h2-8H,1H3. The third kappa shape index (κ3) is 1.36. The molecule has 4 heteroatoms. The van der Waals surface area contributed by atoms with E-state index in [4.69, 9.17) is 3.07 Å². The summed E-state index contributed by atoms with van der Waals surface area (Å²) in [5, 5.41) is 0. The summed E-state index contributed by atoms with van der Waals surface area (Å²) in [5.74, 6) is -0.165. The second kappa shape index (κ2) is 3.62. The van der Waals surface area contributed by atoms with Gasteiger partial charge in [0.2, 0.25) is 0 Å². The van der Waals surface area contributed by atoms with Crippen LogP contribution < -0.4 is 0 Å². The summed E-state index contributed by atoms with van der Waals surface area (Å²) in [7, 11) is 1.99. The van der Waals surface area contributed by atoms with Gasteiger partial charge >= 0.3 is 101 Å². The molecule has 1 aromatic carbocycles. The first-order chi connectivity index (χ1) is 7.77. The minimum atomic E-state index is -1.97. The summed E-state index contributed by atoms with van der Waals surface area (Å²) < 4.78 is 9.86. The number of halogens is 1. The summed E-state index contributed by atoms with van der Waals surface area (Å²) in [6.45, 7) is 0. The molecule has 16 heavy (non-hydrogen) atoms. The first-order valence-electron chi connectivity index (χ1n) is 4.90. The molecule has 1 aliphatic rings. The average Bonchev–Trinajstić information content (AvgIpc) is 2.84. The van der Waals surface area contributed by atoms with Gasteiger partial charge in [-0.25, -0.2) is 0 Å². The van der Waals surface area contributed by atoms with Gasteiger partial charge in [-0.15, -0.1) is 0 Å². The Balaban J connectivity index is 2.14. The van der Waals surface area contributed by atoms with Crippen LogP contribution in [0.3, 0.4) is 0 Å². The second-order valence-electron chi connectivity index (χ2n) is 3.54. The van der Waals surface area contributed by atoms with Gasteiger partial charge in [0.25, 0.3) is 0 Å². The first kappa shape index (κ1) is 9.89. The van der Waals surface area contributed by atoms with Crippen molar-refractivity contribution < 1.29 is 7.86 Å². The van der Waals surface area contributed by atoms with Crippen molar-refractivity contribution in [2.24, 2.45) is 7.05 Å². The number of benzene rings is 1. The van der Waals surface area contributed by atoms with Crippen LogP contribution >= 0.6 is 20.2 Å². The van der Waals surface area contributed by atoms with E-state index in [1.165, 1.54) is 0 Å². The molecule has 0 atom stereocenters. The number of hydrogen-bond donors (Lipinski definition) is 0. The van der Waals surface area contributed by atoms with Crippen LogP contribution in [0.25, 0.3) is 0 Å². The number of aryl methyl sites for hydroxylation is 1. The molecule has 0 unspecified atom stereocenters. The van der Waals surface area contributed by atoms with Gasteiger partial charge in [0.05, 0.1) is 0 Å². The molecule has 3 rings (SSSR count). The van der Waals surface area contributed by atoms with Gasteiger partial charge in [-0.05, 0) is 0 Å². The first-order valence-corrected chi connectivity index (χ1v) is 7.94. The van der Waals surface area contributed by atoms with Gasteiger partial charge in [-0.3, -0.25) is 0 Å². The van der Waals surface area contributed by atoms with Crippen LogP contribution in [0.2, 0.25) is 0 Å². The summed E-state index contributed by atoms with van der Waals surface area (Å²) in [6, 6.07) is 11.7. The van der Waals surface area contributed by atoms with Crippen molar-refractivity contribution in [1.82, 2.24) is 4.57 Å². The molecule has 0 N–H and O–H groups in total. The SMILES string of the molecule is Cn1cccc1I1OC(=O)c2ccccc21. The van der Waals surface area contributed by atoms with Gasteiger partial charge < -0.3 is 0 Å². The van der Waals surface area contributed by atoms with Crippen molar-refractivity contribution >= 4 is 26.2 Å². The molecule has 0 amide bonds. The monoisotopic (exact) mass is 327 g/mol. The zero-order valence-corrected chi connectivity index (χ0v) is 10.8. The van der Waals surface area contributed by atoms with Gasteiger partial charge in [0.15, 0.2) is 0 Å². The van der Waals surface area contributed by atoms with Gasteiger partial charge in [-0.1, -0.05) is 0 Å². The molecule has 0 spiro atoms. The molecule has 2 aromatic rings. The molecular weight excluding hydrogens is 317 g/mol.